The van der Waals surface area contributed by atoms with Gasteiger partial charge in [-0.2, -0.15) is 8.78 Å². The van der Waals surface area contributed by atoms with Crippen LogP contribution < -0.4 is 15.8 Å². The fourth-order valence-electron chi connectivity index (χ4n) is 2.45. The van der Waals surface area contributed by atoms with Crippen LogP contribution >= 0.6 is 0 Å². The molecular weight excluding hydrogens is 312 g/mol. The predicted molar refractivity (Wildman–Crippen MR) is 92.8 cm³/mol. The third kappa shape index (κ3) is 5.53. The Morgan fingerprint density at radius 1 is 1.17 bits per heavy atom. The summed E-state index contributed by atoms with van der Waals surface area (Å²) in [6.45, 7) is 1.54. The number of hydrogen-bond donors (Lipinski definition) is 2. The number of rotatable bonds is 6. The van der Waals surface area contributed by atoms with E-state index in [-0.39, 0.29) is 11.7 Å². The highest BCUT2D eigenvalue weighted by molar-refractivity contribution is 5.92. The molecule has 0 aromatic heterocycles. The van der Waals surface area contributed by atoms with E-state index < -0.39 is 6.61 Å². The van der Waals surface area contributed by atoms with Gasteiger partial charge in [0, 0.05) is 12.2 Å². The average Bonchev–Trinajstić information content (AvgIpc) is 2.47. The van der Waals surface area contributed by atoms with Gasteiger partial charge in [0.2, 0.25) is 0 Å². The Morgan fingerprint density at radius 2 is 1.83 bits per heavy atom. The lowest BCUT2D eigenvalue weighted by atomic mass is 10.1. The number of aryl methyl sites for hydroxylation is 2. The number of aliphatic imine (C=N–C) groups is 1. The topological polar surface area (TPSA) is 59.6 Å². The minimum Gasteiger partial charge on any atom is -0.435 e. The van der Waals surface area contributed by atoms with Gasteiger partial charge in [0.1, 0.15) is 5.75 Å². The van der Waals surface area contributed by atoms with Crippen LogP contribution in [0, 0.1) is 13.8 Å². The quantitative estimate of drug-likeness (QED) is 0.623. The molecule has 128 valence electrons. The van der Waals surface area contributed by atoms with Crippen molar-refractivity contribution in [2.45, 2.75) is 26.9 Å². The second-order valence-corrected chi connectivity index (χ2v) is 5.50. The van der Waals surface area contributed by atoms with Crippen LogP contribution in [0.5, 0.6) is 5.75 Å². The third-order valence-electron chi connectivity index (χ3n) is 3.35. The van der Waals surface area contributed by atoms with Gasteiger partial charge in [-0.3, -0.25) is 4.99 Å². The Kier molecular flexibility index (Phi) is 6.12. The summed E-state index contributed by atoms with van der Waals surface area (Å²) in [5.74, 6) is 0.454. The molecule has 0 aliphatic rings. The Balaban J connectivity index is 1.96. The lowest BCUT2D eigenvalue weighted by molar-refractivity contribution is -0.0504. The van der Waals surface area contributed by atoms with Crippen LogP contribution in [0.1, 0.15) is 16.7 Å². The molecule has 0 heterocycles. The van der Waals surface area contributed by atoms with Gasteiger partial charge in [0.25, 0.3) is 0 Å². The molecule has 6 heteroatoms. The molecule has 3 N–H and O–H groups in total. The van der Waals surface area contributed by atoms with Crippen molar-refractivity contribution in [1.29, 1.82) is 0 Å². The van der Waals surface area contributed by atoms with Crippen molar-refractivity contribution in [3.05, 3.63) is 59.2 Å². The standard InChI is InChI=1S/C18H21F2N3O/c1-12-9-13(2)11-15(10-12)23-18(21)22-8-7-14-5-3-4-6-16(14)24-17(19)20/h3-6,9-11,17H,7-8H2,1-2H3,(H3,21,22,23). The Labute approximate surface area is 140 Å². The number of benzene rings is 2. The first-order chi connectivity index (χ1) is 11.4. The zero-order valence-corrected chi connectivity index (χ0v) is 13.7. The van der Waals surface area contributed by atoms with Gasteiger partial charge in [-0.25, -0.2) is 0 Å². The molecule has 4 nitrogen and oxygen atoms in total. The Morgan fingerprint density at radius 3 is 2.50 bits per heavy atom. The van der Waals surface area contributed by atoms with Crippen LogP contribution in [0.3, 0.4) is 0 Å². The normalized spacial score (nSPS) is 11.6. The summed E-state index contributed by atoms with van der Waals surface area (Å²) in [4.78, 5) is 4.23. The third-order valence-corrected chi connectivity index (χ3v) is 3.35. The van der Waals surface area contributed by atoms with Crippen LogP contribution in [-0.4, -0.2) is 19.1 Å². The van der Waals surface area contributed by atoms with Crippen LogP contribution in [0.4, 0.5) is 14.5 Å². The van der Waals surface area contributed by atoms with E-state index in [0.29, 0.717) is 18.5 Å². The van der Waals surface area contributed by atoms with E-state index in [9.17, 15) is 8.78 Å². The lowest BCUT2D eigenvalue weighted by Crippen LogP contribution is -2.23. The van der Waals surface area contributed by atoms with Gasteiger partial charge in [-0.05, 0) is 55.2 Å². The summed E-state index contributed by atoms with van der Waals surface area (Å²) in [6.07, 6.45) is 0.456. The van der Waals surface area contributed by atoms with Crippen LogP contribution in [0.15, 0.2) is 47.5 Å². The van der Waals surface area contributed by atoms with Crippen molar-refractivity contribution in [3.63, 3.8) is 0 Å². The summed E-state index contributed by atoms with van der Waals surface area (Å²) < 4.78 is 29.3. The molecule has 0 saturated heterocycles. The number of ether oxygens (including phenoxy) is 1. The van der Waals surface area contributed by atoms with Crippen molar-refractivity contribution in [1.82, 2.24) is 0 Å². The Bertz CT molecular complexity index is 697. The molecule has 0 aliphatic carbocycles. The van der Waals surface area contributed by atoms with Gasteiger partial charge in [-0.1, -0.05) is 24.3 Å². The van der Waals surface area contributed by atoms with E-state index in [4.69, 9.17) is 5.73 Å². The summed E-state index contributed by atoms with van der Waals surface area (Å²) in [7, 11) is 0. The molecule has 0 unspecified atom stereocenters. The molecular formula is C18H21F2N3O. The second kappa shape index (κ2) is 8.29. The molecule has 0 spiro atoms. The van der Waals surface area contributed by atoms with E-state index in [0.717, 1.165) is 16.8 Å². The van der Waals surface area contributed by atoms with E-state index in [1.54, 1.807) is 18.2 Å². The highest BCUT2D eigenvalue weighted by atomic mass is 19.3. The summed E-state index contributed by atoms with van der Waals surface area (Å²) >= 11 is 0. The number of nitrogens with zero attached hydrogens (tertiary/aromatic N) is 1. The lowest BCUT2D eigenvalue weighted by Gasteiger charge is -2.10. The summed E-state index contributed by atoms with van der Waals surface area (Å²) in [6, 6.07) is 12.7. The van der Waals surface area contributed by atoms with Crippen LogP contribution in [-0.2, 0) is 6.42 Å². The first-order valence-electron chi connectivity index (χ1n) is 7.62. The van der Waals surface area contributed by atoms with Crippen LogP contribution in [0.25, 0.3) is 0 Å². The zero-order valence-electron chi connectivity index (χ0n) is 13.7. The second-order valence-electron chi connectivity index (χ2n) is 5.50. The number of halogens is 2. The van der Waals surface area contributed by atoms with Crippen molar-refractivity contribution in [2.24, 2.45) is 10.7 Å². The molecule has 0 radical (unpaired) electrons. The van der Waals surface area contributed by atoms with Gasteiger partial charge >= 0.3 is 6.61 Å². The smallest absolute Gasteiger partial charge is 0.387 e. The molecule has 2 aromatic rings. The molecule has 0 aliphatic heterocycles. The van der Waals surface area contributed by atoms with Crippen molar-refractivity contribution in [3.8, 4) is 5.75 Å². The summed E-state index contributed by atoms with van der Waals surface area (Å²) in [5.41, 5.74) is 9.67. The van der Waals surface area contributed by atoms with Crippen LogP contribution in [0.2, 0.25) is 0 Å². The van der Waals surface area contributed by atoms with Gasteiger partial charge in [0.15, 0.2) is 5.96 Å². The molecule has 24 heavy (non-hydrogen) atoms. The molecule has 0 atom stereocenters. The zero-order chi connectivity index (χ0) is 17.5. The van der Waals surface area contributed by atoms with Crippen molar-refractivity contribution < 1.29 is 13.5 Å². The van der Waals surface area contributed by atoms with E-state index in [1.165, 1.54) is 6.07 Å². The number of nitrogens with one attached hydrogen (secondary N) is 1. The summed E-state index contributed by atoms with van der Waals surface area (Å²) in [5, 5.41) is 3.03. The SMILES string of the molecule is Cc1cc(C)cc(NC(N)=NCCc2ccccc2OC(F)F)c1. The number of alkyl halides is 2. The molecule has 0 bridgehead atoms. The highest BCUT2D eigenvalue weighted by Gasteiger charge is 2.08. The maximum Gasteiger partial charge on any atom is 0.387 e. The number of hydrogen-bond acceptors (Lipinski definition) is 2. The average molecular weight is 333 g/mol. The fraction of sp³-hybridized carbons (Fsp3) is 0.278. The minimum atomic E-state index is -2.84. The minimum absolute atomic E-state index is 0.170. The highest BCUT2D eigenvalue weighted by Crippen LogP contribution is 2.20. The number of nitrogens with two attached hydrogens (primary N) is 1. The molecule has 2 aromatic carbocycles. The molecule has 2 rings (SSSR count). The molecule has 0 amide bonds. The largest absolute Gasteiger partial charge is 0.435 e. The van der Waals surface area contributed by atoms with Gasteiger partial charge < -0.3 is 15.8 Å². The predicted octanol–water partition coefficient (Wildman–Crippen LogP) is 3.87. The van der Waals surface area contributed by atoms with E-state index in [2.05, 4.69) is 21.1 Å². The molecule has 0 fully saturated rings. The number of anilines is 1. The molecule has 0 saturated carbocycles. The van der Waals surface area contributed by atoms with Gasteiger partial charge in [-0.15, -0.1) is 0 Å². The maximum atomic E-state index is 12.4. The number of guanidine groups is 1. The van der Waals surface area contributed by atoms with E-state index in [1.807, 2.05) is 26.0 Å². The van der Waals surface area contributed by atoms with Crippen molar-refractivity contribution >= 4 is 11.6 Å². The Hall–Kier alpha value is -2.63. The monoisotopic (exact) mass is 333 g/mol. The van der Waals surface area contributed by atoms with Gasteiger partial charge in [0.05, 0.1) is 0 Å². The fourth-order valence-corrected chi connectivity index (χ4v) is 2.45. The first-order valence-corrected chi connectivity index (χ1v) is 7.62. The number of para-hydroxylation sites is 1. The first kappa shape index (κ1) is 17.7. The van der Waals surface area contributed by atoms with Crippen molar-refractivity contribution in [2.75, 3.05) is 11.9 Å². The van der Waals surface area contributed by atoms with E-state index >= 15 is 0 Å². The maximum absolute atomic E-state index is 12.4.